The fourth-order valence-corrected chi connectivity index (χ4v) is 2.98. The maximum absolute atomic E-state index is 12.4. The highest BCUT2D eigenvalue weighted by Gasteiger charge is 2.20. The molecule has 0 radical (unpaired) electrons. The van der Waals surface area contributed by atoms with Crippen LogP contribution < -0.4 is 9.46 Å². The van der Waals surface area contributed by atoms with Crippen molar-refractivity contribution in [2.45, 2.75) is 18.4 Å². The van der Waals surface area contributed by atoms with Gasteiger partial charge in [0.25, 0.3) is 10.0 Å². The first-order valence-corrected chi connectivity index (χ1v) is 7.69. The summed E-state index contributed by atoms with van der Waals surface area (Å²) in [4.78, 5) is 4.09. The van der Waals surface area contributed by atoms with Crippen molar-refractivity contribution in [1.82, 2.24) is 4.98 Å². The molecule has 2 aromatic rings. The molecule has 0 aliphatic carbocycles. The van der Waals surface area contributed by atoms with Crippen molar-refractivity contribution in [3.05, 3.63) is 47.7 Å². The predicted molar refractivity (Wildman–Crippen MR) is 78.7 cm³/mol. The zero-order valence-corrected chi connectivity index (χ0v) is 12.5. The van der Waals surface area contributed by atoms with Gasteiger partial charge in [0.2, 0.25) is 0 Å². The number of hydrogen-bond acceptors (Lipinski definition) is 5. The standard InChI is InChI=1S/C14H16N2O4S/c1-10-4-3-5-14(15-10)16-21(18,19)13-7-6-11(9-17)8-12(13)20-2/h3-8,17H,9H2,1-2H3,(H,15,16). The van der Waals surface area contributed by atoms with Crippen LogP contribution in [-0.4, -0.2) is 25.6 Å². The normalized spacial score (nSPS) is 11.2. The lowest BCUT2D eigenvalue weighted by Gasteiger charge is -2.12. The van der Waals surface area contributed by atoms with E-state index in [0.717, 1.165) is 0 Å². The highest BCUT2D eigenvalue weighted by Crippen LogP contribution is 2.26. The van der Waals surface area contributed by atoms with Crippen molar-refractivity contribution in [2.24, 2.45) is 0 Å². The Hall–Kier alpha value is -2.12. The first-order valence-electron chi connectivity index (χ1n) is 6.20. The lowest BCUT2D eigenvalue weighted by Crippen LogP contribution is -2.15. The van der Waals surface area contributed by atoms with Crippen LogP contribution in [0.5, 0.6) is 5.75 Å². The quantitative estimate of drug-likeness (QED) is 0.877. The third kappa shape index (κ3) is 3.50. The van der Waals surface area contributed by atoms with Crippen LogP contribution in [0.2, 0.25) is 0 Å². The lowest BCUT2D eigenvalue weighted by molar-refractivity contribution is 0.280. The SMILES string of the molecule is COc1cc(CO)ccc1S(=O)(=O)Nc1cccc(C)n1. The molecule has 0 aliphatic rings. The molecule has 0 aliphatic heterocycles. The molecule has 0 atom stereocenters. The van der Waals surface area contributed by atoms with E-state index in [4.69, 9.17) is 9.84 Å². The third-order valence-electron chi connectivity index (χ3n) is 2.83. The summed E-state index contributed by atoms with van der Waals surface area (Å²) in [6.07, 6.45) is 0. The molecule has 2 rings (SSSR count). The van der Waals surface area contributed by atoms with E-state index in [1.807, 2.05) is 0 Å². The Morgan fingerprint density at radius 3 is 2.67 bits per heavy atom. The van der Waals surface area contributed by atoms with Crippen molar-refractivity contribution in [3.63, 3.8) is 0 Å². The van der Waals surface area contributed by atoms with Gasteiger partial charge >= 0.3 is 0 Å². The van der Waals surface area contributed by atoms with Crippen molar-refractivity contribution in [3.8, 4) is 5.75 Å². The van der Waals surface area contributed by atoms with Gasteiger partial charge in [0.1, 0.15) is 16.5 Å². The number of aliphatic hydroxyl groups excluding tert-OH is 1. The van der Waals surface area contributed by atoms with Crippen LogP contribution >= 0.6 is 0 Å². The number of hydrogen-bond donors (Lipinski definition) is 2. The summed E-state index contributed by atoms with van der Waals surface area (Å²) in [5.41, 5.74) is 1.28. The number of nitrogens with one attached hydrogen (secondary N) is 1. The number of anilines is 1. The molecule has 112 valence electrons. The van der Waals surface area contributed by atoms with E-state index < -0.39 is 10.0 Å². The minimum atomic E-state index is -3.82. The molecule has 0 saturated heterocycles. The highest BCUT2D eigenvalue weighted by molar-refractivity contribution is 7.92. The van der Waals surface area contributed by atoms with Gasteiger partial charge in [-0.3, -0.25) is 4.72 Å². The van der Waals surface area contributed by atoms with E-state index in [1.165, 1.54) is 25.3 Å². The molecular formula is C14H16N2O4S. The molecule has 0 unspecified atom stereocenters. The maximum Gasteiger partial charge on any atom is 0.266 e. The second-order valence-corrected chi connectivity index (χ2v) is 6.06. The van der Waals surface area contributed by atoms with Crippen LogP contribution in [0.25, 0.3) is 0 Å². The molecule has 0 bridgehead atoms. The summed E-state index contributed by atoms with van der Waals surface area (Å²) < 4.78 is 32.3. The number of ether oxygens (including phenoxy) is 1. The van der Waals surface area contributed by atoms with Gasteiger partial charge in [-0.1, -0.05) is 12.1 Å². The second-order valence-electron chi connectivity index (χ2n) is 4.41. The molecule has 1 aromatic heterocycles. The Kier molecular flexibility index (Phi) is 4.44. The lowest BCUT2D eigenvalue weighted by atomic mass is 10.2. The summed E-state index contributed by atoms with van der Waals surface area (Å²) in [5.74, 6) is 0.407. The molecule has 6 nitrogen and oxygen atoms in total. The van der Waals surface area contributed by atoms with Crippen LogP contribution in [-0.2, 0) is 16.6 Å². The average Bonchev–Trinajstić information content (AvgIpc) is 2.46. The van der Waals surface area contributed by atoms with E-state index in [1.54, 1.807) is 25.1 Å². The monoisotopic (exact) mass is 308 g/mol. The van der Waals surface area contributed by atoms with Gasteiger partial charge in [0.05, 0.1) is 13.7 Å². The third-order valence-corrected chi connectivity index (χ3v) is 4.22. The molecular weight excluding hydrogens is 292 g/mol. The number of methoxy groups -OCH3 is 1. The van der Waals surface area contributed by atoms with E-state index in [2.05, 4.69) is 9.71 Å². The van der Waals surface area contributed by atoms with Gasteiger partial charge < -0.3 is 9.84 Å². The molecule has 1 heterocycles. The zero-order valence-electron chi connectivity index (χ0n) is 11.7. The summed E-state index contributed by atoms with van der Waals surface area (Å²) in [7, 11) is -2.44. The van der Waals surface area contributed by atoms with Crippen molar-refractivity contribution >= 4 is 15.8 Å². The Labute approximate surface area is 123 Å². The second kappa shape index (κ2) is 6.11. The molecule has 21 heavy (non-hydrogen) atoms. The van der Waals surface area contributed by atoms with Crippen molar-refractivity contribution < 1.29 is 18.3 Å². The molecule has 1 aromatic carbocycles. The highest BCUT2D eigenvalue weighted by atomic mass is 32.2. The Morgan fingerprint density at radius 1 is 1.29 bits per heavy atom. The first-order chi connectivity index (χ1) is 9.96. The molecule has 7 heteroatoms. The van der Waals surface area contributed by atoms with Crippen LogP contribution in [0.15, 0.2) is 41.3 Å². The minimum Gasteiger partial charge on any atom is -0.495 e. The average molecular weight is 308 g/mol. The topological polar surface area (TPSA) is 88.5 Å². The van der Waals surface area contributed by atoms with Gasteiger partial charge in [-0.2, -0.15) is 0 Å². The van der Waals surface area contributed by atoms with E-state index >= 15 is 0 Å². The summed E-state index contributed by atoms with van der Waals surface area (Å²) in [6.45, 7) is 1.58. The molecule has 0 fully saturated rings. The largest absolute Gasteiger partial charge is 0.495 e. The Morgan fingerprint density at radius 2 is 2.05 bits per heavy atom. The van der Waals surface area contributed by atoms with E-state index in [0.29, 0.717) is 11.3 Å². The van der Waals surface area contributed by atoms with Crippen LogP contribution in [0.3, 0.4) is 0 Å². The number of aryl methyl sites for hydroxylation is 1. The number of rotatable bonds is 5. The fourth-order valence-electron chi connectivity index (χ4n) is 1.82. The van der Waals surface area contributed by atoms with Crippen LogP contribution in [0.1, 0.15) is 11.3 Å². The number of pyridine rings is 1. The molecule has 2 N–H and O–H groups in total. The van der Waals surface area contributed by atoms with Crippen molar-refractivity contribution in [1.29, 1.82) is 0 Å². The van der Waals surface area contributed by atoms with E-state index in [-0.39, 0.29) is 23.1 Å². The minimum absolute atomic E-state index is 0.00879. The maximum atomic E-state index is 12.4. The summed E-state index contributed by atoms with van der Waals surface area (Å²) in [5, 5.41) is 9.09. The van der Waals surface area contributed by atoms with Gasteiger partial charge in [0.15, 0.2) is 0 Å². The fraction of sp³-hybridized carbons (Fsp3) is 0.214. The number of benzene rings is 1. The predicted octanol–water partition coefficient (Wildman–Crippen LogP) is 1.69. The Bertz CT molecular complexity index is 744. The van der Waals surface area contributed by atoms with E-state index in [9.17, 15) is 8.42 Å². The number of sulfonamides is 1. The van der Waals surface area contributed by atoms with Gasteiger partial charge in [-0.25, -0.2) is 13.4 Å². The zero-order chi connectivity index (χ0) is 15.5. The molecule has 0 saturated carbocycles. The van der Waals surface area contributed by atoms with Crippen molar-refractivity contribution in [2.75, 3.05) is 11.8 Å². The van der Waals surface area contributed by atoms with Crippen LogP contribution in [0.4, 0.5) is 5.82 Å². The summed E-state index contributed by atoms with van der Waals surface area (Å²) >= 11 is 0. The number of aliphatic hydroxyl groups is 1. The van der Waals surface area contributed by atoms with Gasteiger partial charge in [-0.15, -0.1) is 0 Å². The smallest absolute Gasteiger partial charge is 0.266 e. The van der Waals surface area contributed by atoms with Gasteiger partial charge in [-0.05, 0) is 36.8 Å². The first kappa shape index (κ1) is 15.3. The molecule has 0 spiro atoms. The van der Waals surface area contributed by atoms with Gasteiger partial charge in [0, 0.05) is 5.69 Å². The summed E-state index contributed by atoms with van der Waals surface area (Å²) in [6, 6.07) is 9.46. The number of nitrogens with zero attached hydrogens (tertiary/aromatic N) is 1. The molecule has 0 amide bonds. The number of aromatic nitrogens is 1. The van der Waals surface area contributed by atoms with Crippen LogP contribution in [0, 0.1) is 6.92 Å². The Balaban J connectivity index is 2.40.